The minimum Gasteiger partial charge on any atom is -0.463 e. The van der Waals surface area contributed by atoms with Gasteiger partial charge >= 0.3 is 13.6 Å². The maximum atomic E-state index is 14.3. The molecule has 0 bridgehead atoms. The highest BCUT2D eigenvalue weighted by atomic mass is 31.2. The van der Waals surface area contributed by atoms with E-state index in [1.54, 1.807) is 6.66 Å². The van der Waals surface area contributed by atoms with Gasteiger partial charge in [0, 0.05) is 25.6 Å². The molecule has 1 saturated heterocycles. The molecule has 8 nitrogen and oxygen atoms in total. The molecule has 1 aliphatic carbocycles. The number of hydrogen-bond acceptors (Lipinski definition) is 8. The van der Waals surface area contributed by atoms with Crippen LogP contribution in [0, 0.1) is 41.4 Å². The molecule has 2 rings (SSSR count). The lowest BCUT2D eigenvalue weighted by molar-refractivity contribution is -0.290. The molecule has 2 aliphatic rings. The third kappa shape index (κ3) is 25.3. The molecule has 0 aromatic rings. The number of ether oxygens (including phenoxy) is 4. The van der Waals surface area contributed by atoms with E-state index in [9.17, 15) is 9.36 Å². The van der Waals surface area contributed by atoms with Crippen molar-refractivity contribution in [3.63, 3.8) is 0 Å². The lowest BCUT2D eigenvalue weighted by Crippen LogP contribution is -2.55. The minimum absolute atomic E-state index is 0.0306. The van der Waals surface area contributed by atoms with Crippen molar-refractivity contribution in [2.45, 2.75) is 286 Å². The third-order valence-corrected chi connectivity index (χ3v) is 17.3. The largest absolute Gasteiger partial charge is 0.463 e. The lowest BCUT2D eigenvalue weighted by atomic mass is 9.66. The summed E-state index contributed by atoms with van der Waals surface area (Å²) in [5.74, 6) is 1.94. The molecule has 1 heterocycles. The number of carbonyl (C=O) groups is 1. The first kappa shape index (κ1) is 60.6. The average Bonchev–Trinajstić information content (AvgIpc) is 3.29. The Morgan fingerprint density at radius 1 is 0.508 bits per heavy atom. The Bertz CT molecular complexity index is 1200. The van der Waals surface area contributed by atoms with Gasteiger partial charge in [0.1, 0.15) is 12.7 Å². The van der Waals surface area contributed by atoms with E-state index in [-0.39, 0.29) is 55.4 Å². The van der Waals surface area contributed by atoms with Crippen LogP contribution in [0.4, 0.5) is 0 Å². The smallest absolute Gasteiger partial charge is 0.328 e. The summed E-state index contributed by atoms with van der Waals surface area (Å²) in [4.78, 5) is 12.9. The van der Waals surface area contributed by atoms with Gasteiger partial charge in [-0.25, -0.2) is 0 Å². The van der Waals surface area contributed by atoms with Gasteiger partial charge in [-0.2, -0.15) is 0 Å². The maximum Gasteiger partial charge on any atom is 0.328 e. The zero-order chi connectivity index (χ0) is 47.9. The Morgan fingerprint density at radius 2 is 0.923 bits per heavy atom. The molecule has 1 saturated carbocycles. The van der Waals surface area contributed by atoms with E-state index >= 15 is 0 Å². The van der Waals surface area contributed by atoms with Gasteiger partial charge in [0.2, 0.25) is 0 Å². The summed E-state index contributed by atoms with van der Waals surface area (Å²) < 4.78 is 52.8. The zero-order valence-corrected chi connectivity index (χ0v) is 45.7. The molecule has 386 valence electrons. The second-order valence-corrected chi connectivity index (χ2v) is 23.5. The quantitative estimate of drug-likeness (QED) is 0.0341. The molecular weight excluding hydrogens is 832 g/mol. The second kappa shape index (κ2) is 36.4. The van der Waals surface area contributed by atoms with Crippen molar-refractivity contribution < 1.29 is 37.4 Å². The fourth-order valence-electron chi connectivity index (χ4n) is 10.5. The van der Waals surface area contributed by atoms with Crippen LogP contribution in [0.1, 0.15) is 255 Å². The fraction of sp³-hybridized carbons (Fsp3) is 0.982. The number of carbonyl (C=O) groups excluding carboxylic acids is 1. The molecule has 0 N–H and O–H groups in total. The van der Waals surface area contributed by atoms with Crippen LogP contribution in [0.3, 0.4) is 0 Å². The van der Waals surface area contributed by atoms with E-state index < -0.39 is 19.8 Å². The Morgan fingerprint density at radius 3 is 1.38 bits per heavy atom. The molecule has 6 unspecified atom stereocenters. The predicted molar refractivity (Wildman–Crippen MR) is 274 cm³/mol. The highest BCUT2D eigenvalue weighted by molar-refractivity contribution is 7.53. The van der Waals surface area contributed by atoms with Crippen LogP contribution in [0.15, 0.2) is 0 Å². The van der Waals surface area contributed by atoms with Crippen molar-refractivity contribution in [1.82, 2.24) is 0 Å². The van der Waals surface area contributed by atoms with Crippen molar-refractivity contribution >= 4 is 13.6 Å². The third-order valence-electron chi connectivity index (χ3n) is 16.1. The van der Waals surface area contributed by atoms with Crippen LogP contribution in [-0.2, 0) is 37.4 Å². The number of unbranched alkanes of at least 4 members (excludes halogenated alkanes) is 25. The van der Waals surface area contributed by atoms with Gasteiger partial charge in [0.25, 0.3) is 0 Å². The van der Waals surface area contributed by atoms with Gasteiger partial charge in [-0.15, -0.1) is 0 Å². The van der Waals surface area contributed by atoms with Gasteiger partial charge < -0.3 is 28.0 Å². The molecule has 65 heavy (non-hydrogen) atoms. The van der Waals surface area contributed by atoms with Gasteiger partial charge in [-0.05, 0) is 54.8 Å². The van der Waals surface area contributed by atoms with Crippen molar-refractivity contribution in [1.29, 1.82) is 0 Å². The van der Waals surface area contributed by atoms with E-state index in [0.29, 0.717) is 36.7 Å². The summed E-state index contributed by atoms with van der Waals surface area (Å²) in [6.07, 6.45) is 34.6. The first-order valence-corrected chi connectivity index (χ1v) is 30.2. The van der Waals surface area contributed by atoms with Crippen molar-refractivity contribution in [3.8, 4) is 0 Å². The van der Waals surface area contributed by atoms with E-state index in [4.69, 9.17) is 28.0 Å². The van der Waals surface area contributed by atoms with E-state index in [2.05, 4.69) is 69.2 Å². The Labute approximate surface area is 403 Å². The lowest BCUT2D eigenvalue weighted by Gasteiger charge is -2.51. The molecular formula is C56H109O8P. The van der Waals surface area contributed by atoms with Crippen molar-refractivity contribution in [2.24, 2.45) is 41.4 Å². The Hall–Kier alpha value is -0.500. The number of hydrogen-bond donors (Lipinski definition) is 0. The number of esters is 1. The summed E-state index contributed by atoms with van der Waals surface area (Å²) >= 11 is 0. The van der Waals surface area contributed by atoms with Crippen LogP contribution in [0.2, 0.25) is 0 Å². The van der Waals surface area contributed by atoms with Gasteiger partial charge in [-0.3, -0.25) is 9.36 Å². The molecule has 0 aromatic carbocycles. The van der Waals surface area contributed by atoms with Crippen LogP contribution in [0.5, 0.6) is 0 Å². The Balaban J connectivity index is 1.91. The first-order chi connectivity index (χ1) is 31.3. The highest BCUT2D eigenvalue weighted by Crippen LogP contribution is 2.52. The number of rotatable bonds is 40. The molecule has 2 fully saturated rings. The normalized spacial score (nSPS) is 28.6. The summed E-state index contributed by atoms with van der Waals surface area (Å²) in [6, 6.07) is 0. The summed E-state index contributed by atoms with van der Waals surface area (Å²) in [5, 5.41) is 0. The van der Waals surface area contributed by atoms with Crippen molar-refractivity contribution in [3.05, 3.63) is 0 Å². The molecule has 1 aliphatic heterocycles. The summed E-state index contributed by atoms with van der Waals surface area (Å²) in [6.45, 7) is 24.8. The summed E-state index contributed by atoms with van der Waals surface area (Å²) in [5.41, 5.74) is 0. The van der Waals surface area contributed by atoms with E-state index in [1.807, 2.05) is 0 Å². The Kier molecular flexibility index (Phi) is 34.0. The monoisotopic (exact) mass is 941 g/mol. The first-order valence-electron chi connectivity index (χ1n) is 28.3. The van der Waals surface area contributed by atoms with Crippen LogP contribution >= 0.6 is 7.60 Å². The minimum atomic E-state index is -3.58. The van der Waals surface area contributed by atoms with E-state index in [1.165, 1.54) is 148 Å². The van der Waals surface area contributed by atoms with Gasteiger partial charge in [0.05, 0.1) is 24.9 Å². The fourth-order valence-corrected chi connectivity index (χ4v) is 11.7. The predicted octanol–water partition coefficient (Wildman–Crippen LogP) is 17.1. The average molecular weight is 941 g/mol. The molecule has 13 atom stereocenters. The topological polar surface area (TPSA) is 89.5 Å². The van der Waals surface area contributed by atoms with Gasteiger partial charge in [0.15, 0.2) is 6.29 Å². The van der Waals surface area contributed by atoms with Crippen molar-refractivity contribution in [2.75, 3.05) is 26.5 Å². The van der Waals surface area contributed by atoms with E-state index in [0.717, 1.165) is 32.1 Å². The summed E-state index contributed by atoms with van der Waals surface area (Å²) in [7, 11) is -3.58. The molecule has 9 heteroatoms. The zero-order valence-electron chi connectivity index (χ0n) is 44.8. The van der Waals surface area contributed by atoms with Gasteiger partial charge in [-0.1, -0.05) is 230 Å². The molecule has 0 radical (unpaired) electrons. The standard InChI is InChI=1S/C56H109O8P/c1-12-15-17-19-21-23-25-27-29-31-33-35-37-39-41-59-51(42-60-53(57)40-38-36-34-32-30-28-26-24-22-20-18-16-13-2)43-61-65(11,58)64-55-49(9)45(5)44(4)48(8)54(55)63-56-50(10)46(6)47(7)52(14-3)62-56/h44-52,54-56H,12-43H2,1-11H3/t44-,45+,46+,47-,48?,49?,50?,51-,52?,54?,55+,56+,65?/m1/s1. The maximum absolute atomic E-state index is 14.3. The SMILES string of the molecule is CCCCCCCCCCCCCCCCO[C@H](COC(=O)CCCCCCCCCCCCCCC)COP(C)(=O)O[C@@H]1C(O[C@@H]2OC(CC)[C@H](C)[C@H](C)C2C)C(C)[C@H](C)[C@H](C)C1C. The van der Waals surface area contributed by atoms with Crippen LogP contribution in [-0.4, -0.2) is 63.2 Å². The molecule has 0 aromatic heterocycles. The molecule has 0 spiro atoms. The van der Waals surface area contributed by atoms with Crippen LogP contribution < -0.4 is 0 Å². The second-order valence-electron chi connectivity index (χ2n) is 21.5. The molecule has 0 amide bonds. The highest BCUT2D eigenvalue weighted by Gasteiger charge is 2.50. The van der Waals surface area contributed by atoms with Crippen LogP contribution in [0.25, 0.3) is 0 Å².